The lowest BCUT2D eigenvalue weighted by atomic mass is 10.1. The van der Waals surface area contributed by atoms with E-state index in [9.17, 15) is 14.7 Å². The number of aliphatic carboxylic acids is 1. The number of rotatable bonds is 7. The summed E-state index contributed by atoms with van der Waals surface area (Å²) in [4.78, 5) is 26.7. The lowest BCUT2D eigenvalue weighted by Crippen LogP contribution is -2.92. The first-order valence-electron chi connectivity index (χ1n) is 8.40. The van der Waals surface area contributed by atoms with Gasteiger partial charge in [-0.15, -0.1) is 0 Å². The number of carbonyl (C=O) groups is 2. The van der Waals surface area contributed by atoms with Gasteiger partial charge in [-0.05, 0) is 17.5 Å². The van der Waals surface area contributed by atoms with E-state index in [-0.39, 0.29) is 12.3 Å². The number of nitrogens with one attached hydrogen (secondary N) is 2. The zero-order valence-electron chi connectivity index (χ0n) is 14.1. The van der Waals surface area contributed by atoms with Gasteiger partial charge in [0.05, 0.1) is 18.0 Å². The van der Waals surface area contributed by atoms with Gasteiger partial charge in [0, 0.05) is 17.1 Å². The average Bonchev–Trinajstić information content (AvgIpc) is 2.66. The first-order chi connectivity index (χ1) is 12.6. The fourth-order valence-corrected chi connectivity index (χ4v) is 2.83. The van der Waals surface area contributed by atoms with Crippen molar-refractivity contribution in [2.45, 2.75) is 19.0 Å². The van der Waals surface area contributed by atoms with Crippen molar-refractivity contribution in [3.05, 3.63) is 72.6 Å². The summed E-state index contributed by atoms with van der Waals surface area (Å²) < 4.78 is 0. The molecule has 0 radical (unpaired) electrons. The minimum Gasteiger partial charge on any atom is -0.544 e. The molecule has 0 aliphatic carbocycles. The number of carbonyl (C=O) groups excluding carboxylic acids is 2. The highest BCUT2D eigenvalue weighted by Crippen LogP contribution is 2.23. The molecule has 1 unspecified atom stereocenters. The summed E-state index contributed by atoms with van der Waals surface area (Å²) in [5.74, 6) is -1.61. The molecule has 0 spiro atoms. The Balaban J connectivity index is 1.65. The van der Waals surface area contributed by atoms with Crippen LogP contribution >= 0.6 is 0 Å². The van der Waals surface area contributed by atoms with Crippen LogP contribution in [0.1, 0.15) is 12.0 Å². The molecule has 1 aromatic heterocycles. The van der Waals surface area contributed by atoms with Gasteiger partial charge in [0.25, 0.3) is 0 Å². The molecule has 2 aromatic carbocycles. The molecule has 0 saturated carbocycles. The molecule has 3 aromatic rings. The Morgan fingerprint density at radius 2 is 1.88 bits per heavy atom. The van der Waals surface area contributed by atoms with E-state index in [2.05, 4.69) is 10.3 Å². The minimum absolute atomic E-state index is 0.165. The average molecular weight is 350 g/mol. The second kappa shape index (κ2) is 8.22. The number of nitrogens with two attached hydrogens (primary N) is 1. The van der Waals surface area contributed by atoms with Gasteiger partial charge in [0.15, 0.2) is 12.4 Å². The number of quaternary nitrogens is 1. The molecule has 1 heterocycles. The molecule has 0 aliphatic heterocycles. The van der Waals surface area contributed by atoms with Crippen LogP contribution < -0.4 is 20.7 Å². The molecule has 6 heteroatoms. The van der Waals surface area contributed by atoms with Gasteiger partial charge >= 0.3 is 0 Å². The summed E-state index contributed by atoms with van der Waals surface area (Å²) in [6, 6.07) is 16.1. The Hall–Kier alpha value is -3.25. The van der Waals surface area contributed by atoms with Crippen molar-refractivity contribution in [1.29, 1.82) is 0 Å². The molecule has 26 heavy (non-hydrogen) atoms. The highest BCUT2D eigenvalue weighted by molar-refractivity contribution is 6.02. The third kappa shape index (κ3) is 4.43. The SMILES string of the molecule is O=C(CC([NH2+]Cc1ccc[nH+]c1)C(=O)[O-])Nc1cccc2ccccc12. The zero-order valence-corrected chi connectivity index (χ0v) is 14.1. The molecule has 132 valence electrons. The quantitative estimate of drug-likeness (QED) is 0.620. The Morgan fingerprint density at radius 1 is 1.08 bits per heavy atom. The lowest BCUT2D eigenvalue weighted by molar-refractivity contribution is -0.697. The Bertz CT molecular complexity index is 907. The normalized spacial score (nSPS) is 11.8. The van der Waals surface area contributed by atoms with Crippen LogP contribution in [0.15, 0.2) is 67.0 Å². The van der Waals surface area contributed by atoms with Crippen molar-refractivity contribution in [3.63, 3.8) is 0 Å². The zero-order chi connectivity index (χ0) is 18.4. The van der Waals surface area contributed by atoms with Gasteiger partial charge in [0.1, 0.15) is 12.6 Å². The van der Waals surface area contributed by atoms with E-state index in [1.165, 1.54) is 0 Å². The molecule has 4 N–H and O–H groups in total. The number of aromatic nitrogens is 1. The number of H-pyrrole nitrogens is 1. The second-order valence-corrected chi connectivity index (χ2v) is 6.06. The number of pyridine rings is 1. The molecule has 0 fully saturated rings. The summed E-state index contributed by atoms with van der Waals surface area (Å²) in [7, 11) is 0. The monoisotopic (exact) mass is 350 g/mol. The van der Waals surface area contributed by atoms with Gasteiger partial charge < -0.3 is 20.5 Å². The topological polar surface area (TPSA) is 100.0 Å². The standard InChI is InChI=1S/C20H19N3O3/c24-19(23-17-9-3-7-15-6-1-2-8-16(15)17)11-18(20(25)26)22-13-14-5-4-10-21-12-14/h1-10,12,18,22H,11,13H2,(H,23,24)(H,25,26)/p+1. The maximum Gasteiger partial charge on any atom is 0.230 e. The van der Waals surface area contributed by atoms with E-state index < -0.39 is 12.0 Å². The molecule has 1 atom stereocenters. The van der Waals surface area contributed by atoms with Crippen molar-refractivity contribution in [2.75, 3.05) is 5.32 Å². The minimum atomic E-state index is -1.25. The smallest absolute Gasteiger partial charge is 0.230 e. The van der Waals surface area contributed by atoms with E-state index in [1.807, 2.05) is 48.5 Å². The molecule has 6 nitrogen and oxygen atoms in total. The van der Waals surface area contributed by atoms with Crippen LogP contribution in [0, 0.1) is 0 Å². The van der Waals surface area contributed by atoms with Gasteiger partial charge in [-0.1, -0.05) is 36.4 Å². The molecular formula is C20H20N3O3+. The second-order valence-electron chi connectivity index (χ2n) is 6.06. The number of hydrogen-bond acceptors (Lipinski definition) is 3. The van der Waals surface area contributed by atoms with Gasteiger partial charge in [-0.25, -0.2) is 4.98 Å². The number of anilines is 1. The van der Waals surface area contributed by atoms with E-state index >= 15 is 0 Å². The maximum absolute atomic E-state index is 12.4. The largest absolute Gasteiger partial charge is 0.544 e. The van der Waals surface area contributed by atoms with Crippen molar-refractivity contribution in [3.8, 4) is 0 Å². The van der Waals surface area contributed by atoms with Gasteiger partial charge in [-0.3, -0.25) is 4.79 Å². The highest BCUT2D eigenvalue weighted by atomic mass is 16.4. The number of hydrogen-bond donors (Lipinski definition) is 2. The summed E-state index contributed by atoms with van der Waals surface area (Å²) in [5, 5.41) is 17.7. The van der Waals surface area contributed by atoms with Crippen molar-refractivity contribution >= 4 is 28.3 Å². The molecule has 1 amide bonds. The van der Waals surface area contributed by atoms with Crippen molar-refractivity contribution < 1.29 is 25.0 Å². The summed E-state index contributed by atoms with van der Waals surface area (Å²) >= 11 is 0. The Labute approximate surface area is 150 Å². The van der Waals surface area contributed by atoms with Crippen LogP contribution in [0.3, 0.4) is 0 Å². The summed E-state index contributed by atoms with van der Waals surface area (Å²) in [6.45, 7) is 0.442. The first kappa shape index (κ1) is 17.6. The van der Waals surface area contributed by atoms with E-state index in [1.54, 1.807) is 23.8 Å². The van der Waals surface area contributed by atoms with E-state index in [0.29, 0.717) is 12.2 Å². The van der Waals surface area contributed by atoms with E-state index in [0.717, 1.165) is 16.3 Å². The summed E-state index contributed by atoms with van der Waals surface area (Å²) in [5.41, 5.74) is 1.61. The molecular weight excluding hydrogens is 330 g/mol. The highest BCUT2D eigenvalue weighted by Gasteiger charge is 2.19. The van der Waals surface area contributed by atoms with Crippen molar-refractivity contribution in [1.82, 2.24) is 0 Å². The fourth-order valence-electron chi connectivity index (χ4n) is 2.83. The number of carboxylic acid groups (broad SMARTS) is 1. The van der Waals surface area contributed by atoms with Crippen LogP contribution in [-0.2, 0) is 16.1 Å². The van der Waals surface area contributed by atoms with Crippen LogP contribution in [0.2, 0.25) is 0 Å². The number of amides is 1. The van der Waals surface area contributed by atoms with E-state index in [4.69, 9.17) is 0 Å². The molecule has 0 aliphatic rings. The third-order valence-electron chi connectivity index (χ3n) is 4.18. The number of benzene rings is 2. The maximum atomic E-state index is 12.4. The van der Waals surface area contributed by atoms with Crippen LogP contribution in [0.25, 0.3) is 10.8 Å². The lowest BCUT2D eigenvalue weighted by Gasteiger charge is -2.16. The molecule has 3 rings (SSSR count). The Morgan fingerprint density at radius 3 is 2.65 bits per heavy atom. The number of fused-ring (bicyclic) bond motifs is 1. The fraction of sp³-hybridized carbons (Fsp3) is 0.150. The Kier molecular flexibility index (Phi) is 5.56. The third-order valence-corrected chi connectivity index (χ3v) is 4.18. The van der Waals surface area contributed by atoms with Crippen LogP contribution in [-0.4, -0.2) is 17.9 Å². The molecule has 0 bridgehead atoms. The van der Waals surface area contributed by atoms with Gasteiger partial charge in [0.2, 0.25) is 5.91 Å². The first-order valence-corrected chi connectivity index (χ1v) is 8.40. The number of aromatic amines is 1. The molecule has 0 saturated heterocycles. The number of carboxylic acids is 1. The van der Waals surface area contributed by atoms with Gasteiger partial charge in [-0.2, -0.15) is 0 Å². The predicted molar refractivity (Wildman–Crippen MR) is 94.6 cm³/mol. The predicted octanol–water partition coefficient (Wildman–Crippen LogP) is -0.135. The van der Waals surface area contributed by atoms with Crippen molar-refractivity contribution in [2.24, 2.45) is 0 Å². The van der Waals surface area contributed by atoms with Crippen LogP contribution in [0.5, 0.6) is 0 Å². The van der Waals surface area contributed by atoms with Crippen LogP contribution in [0.4, 0.5) is 5.69 Å². The summed E-state index contributed by atoms with van der Waals surface area (Å²) in [6.07, 6.45) is 3.40.